The molecule has 6 heteroatoms. The van der Waals surface area contributed by atoms with Gasteiger partial charge >= 0.3 is 5.97 Å². The third-order valence-corrected chi connectivity index (χ3v) is 6.15. The van der Waals surface area contributed by atoms with E-state index < -0.39 is 5.97 Å². The van der Waals surface area contributed by atoms with Crippen molar-refractivity contribution in [1.82, 2.24) is 15.1 Å². The van der Waals surface area contributed by atoms with Crippen LogP contribution in [0.4, 0.5) is 0 Å². The Hall–Kier alpha value is -2.63. The molecule has 1 saturated carbocycles. The highest BCUT2D eigenvalue weighted by Crippen LogP contribution is 2.29. The van der Waals surface area contributed by atoms with Crippen molar-refractivity contribution in [2.75, 3.05) is 6.61 Å². The number of nitrogens with zero attached hydrogens (tertiary/aromatic N) is 2. The maximum absolute atomic E-state index is 12.6. The number of nitrogens with one attached hydrogen (secondary N) is 1. The number of hydrogen-bond acceptors (Lipinski definition) is 4. The van der Waals surface area contributed by atoms with E-state index in [1.807, 2.05) is 37.3 Å². The van der Waals surface area contributed by atoms with Gasteiger partial charge in [-0.1, -0.05) is 57.0 Å². The first-order valence-corrected chi connectivity index (χ1v) is 10.4. The van der Waals surface area contributed by atoms with E-state index in [-0.39, 0.29) is 18.6 Å². The quantitative estimate of drug-likeness (QED) is 0.755. The maximum Gasteiger partial charge on any atom is 0.342 e. The monoisotopic (exact) mass is 397 g/mol. The lowest BCUT2D eigenvalue weighted by Gasteiger charge is -2.34. The van der Waals surface area contributed by atoms with E-state index in [4.69, 9.17) is 4.74 Å². The number of benzene rings is 1. The third kappa shape index (κ3) is 5.05. The van der Waals surface area contributed by atoms with Crippen LogP contribution in [0.2, 0.25) is 0 Å². The first-order chi connectivity index (χ1) is 13.9. The van der Waals surface area contributed by atoms with Crippen LogP contribution in [0.3, 0.4) is 0 Å². The number of rotatable bonds is 6. The number of aromatic nitrogens is 2. The van der Waals surface area contributed by atoms with Crippen molar-refractivity contribution in [3.05, 3.63) is 52.8 Å². The van der Waals surface area contributed by atoms with E-state index >= 15 is 0 Å². The van der Waals surface area contributed by atoms with E-state index in [1.165, 1.54) is 6.42 Å². The van der Waals surface area contributed by atoms with Crippen molar-refractivity contribution in [3.8, 4) is 0 Å². The minimum atomic E-state index is -0.500. The first-order valence-electron chi connectivity index (χ1n) is 10.4. The molecule has 3 atom stereocenters. The molecule has 1 amide bonds. The predicted octanol–water partition coefficient (Wildman–Crippen LogP) is 3.65. The van der Waals surface area contributed by atoms with Crippen LogP contribution >= 0.6 is 0 Å². The zero-order valence-corrected chi connectivity index (χ0v) is 17.8. The molecule has 0 radical (unpaired) electrons. The molecule has 1 aromatic heterocycles. The summed E-state index contributed by atoms with van der Waals surface area (Å²) in [5, 5.41) is 7.52. The molecular formula is C23H31N3O3. The molecule has 3 rings (SSSR count). The normalized spacial score (nSPS) is 21.6. The van der Waals surface area contributed by atoms with Crippen molar-refractivity contribution in [2.45, 2.75) is 59.5 Å². The summed E-state index contributed by atoms with van der Waals surface area (Å²) < 4.78 is 7.11. The SMILES string of the molecule is Cc1nn(Cc2ccccc2)c(C)c1C(=O)OCC(=O)N[C@@H]1CCC[C@@H](C)[C@@H]1C. The zero-order valence-electron chi connectivity index (χ0n) is 17.8. The summed E-state index contributed by atoms with van der Waals surface area (Å²) in [4.78, 5) is 24.9. The highest BCUT2D eigenvalue weighted by Gasteiger charge is 2.28. The minimum absolute atomic E-state index is 0.155. The second kappa shape index (κ2) is 9.25. The molecule has 1 fully saturated rings. The number of carbonyl (C=O) groups excluding carboxylic acids is 2. The molecule has 29 heavy (non-hydrogen) atoms. The number of carbonyl (C=O) groups is 2. The molecule has 0 unspecified atom stereocenters. The molecule has 0 aliphatic heterocycles. The molecule has 1 aromatic carbocycles. The van der Waals surface area contributed by atoms with Crippen molar-refractivity contribution in [2.24, 2.45) is 11.8 Å². The van der Waals surface area contributed by atoms with Crippen molar-refractivity contribution < 1.29 is 14.3 Å². The molecular weight excluding hydrogens is 366 g/mol. The number of ether oxygens (including phenoxy) is 1. The van der Waals surface area contributed by atoms with Gasteiger partial charge in [0.25, 0.3) is 5.91 Å². The van der Waals surface area contributed by atoms with E-state index in [9.17, 15) is 9.59 Å². The molecule has 0 saturated heterocycles. The van der Waals surface area contributed by atoms with Crippen LogP contribution in [-0.2, 0) is 16.1 Å². The Morgan fingerprint density at radius 1 is 1.17 bits per heavy atom. The molecule has 1 aliphatic rings. The Kier molecular flexibility index (Phi) is 6.72. The second-order valence-electron chi connectivity index (χ2n) is 8.21. The Bertz CT molecular complexity index is 860. The Morgan fingerprint density at radius 2 is 1.90 bits per heavy atom. The van der Waals surface area contributed by atoms with Crippen molar-refractivity contribution in [1.29, 1.82) is 0 Å². The van der Waals surface area contributed by atoms with Crippen molar-refractivity contribution >= 4 is 11.9 Å². The summed E-state index contributed by atoms with van der Waals surface area (Å²) >= 11 is 0. The topological polar surface area (TPSA) is 73.2 Å². The molecule has 6 nitrogen and oxygen atoms in total. The lowest BCUT2D eigenvalue weighted by molar-refractivity contribution is -0.125. The highest BCUT2D eigenvalue weighted by molar-refractivity contribution is 5.93. The summed E-state index contributed by atoms with van der Waals surface area (Å²) in [7, 11) is 0. The van der Waals surface area contributed by atoms with Gasteiger partial charge in [-0.05, 0) is 37.7 Å². The summed E-state index contributed by atoms with van der Waals surface area (Å²) in [5.74, 6) is 0.289. The average Bonchev–Trinajstić information content (AvgIpc) is 2.97. The van der Waals surface area contributed by atoms with E-state index in [1.54, 1.807) is 11.6 Å². The van der Waals surface area contributed by atoms with Crippen LogP contribution in [0.1, 0.15) is 60.4 Å². The Balaban J connectivity index is 1.58. The Labute approximate surface area is 172 Å². The number of amides is 1. The van der Waals surface area contributed by atoms with Gasteiger partial charge in [-0.15, -0.1) is 0 Å². The summed E-state index contributed by atoms with van der Waals surface area (Å²) in [6.07, 6.45) is 3.30. The van der Waals surface area contributed by atoms with E-state index in [0.717, 1.165) is 24.1 Å². The van der Waals surface area contributed by atoms with Gasteiger partial charge in [0.1, 0.15) is 5.56 Å². The van der Waals surface area contributed by atoms with Gasteiger partial charge in [-0.3, -0.25) is 9.48 Å². The van der Waals surface area contributed by atoms with E-state index in [0.29, 0.717) is 29.6 Å². The predicted molar refractivity (Wildman–Crippen MR) is 112 cm³/mol. The largest absolute Gasteiger partial charge is 0.452 e. The molecule has 0 spiro atoms. The van der Waals surface area contributed by atoms with Gasteiger partial charge in [0.05, 0.1) is 17.9 Å². The van der Waals surface area contributed by atoms with E-state index in [2.05, 4.69) is 24.3 Å². The lowest BCUT2D eigenvalue weighted by atomic mass is 9.78. The fraction of sp³-hybridized carbons (Fsp3) is 0.522. The van der Waals surface area contributed by atoms with Crippen molar-refractivity contribution in [3.63, 3.8) is 0 Å². The first kappa shape index (κ1) is 21.1. The fourth-order valence-electron chi connectivity index (χ4n) is 4.14. The molecule has 0 bridgehead atoms. The van der Waals surface area contributed by atoms with Crippen LogP contribution < -0.4 is 5.32 Å². The van der Waals surface area contributed by atoms with Crippen LogP contribution in [0.5, 0.6) is 0 Å². The minimum Gasteiger partial charge on any atom is -0.452 e. The van der Waals surface area contributed by atoms with Gasteiger partial charge in [-0.25, -0.2) is 4.79 Å². The molecule has 1 aliphatic carbocycles. The fourth-order valence-corrected chi connectivity index (χ4v) is 4.14. The van der Waals surface area contributed by atoms with Crippen LogP contribution in [0, 0.1) is 25.7 Å². The third-order valence-electron chi connectivity index (χ3n) is 6.15. The zero-order chi connectivity index (χ0) is 21.0. The van der Waals surface area contributed by atoms with Gasteiger partial charge < -0.3 is 10.1 Å². The van der Waals surface area contributed by atoms with Gasteiger partial charge in [0.15, 0.2) is 6.61 Å². The maximum atomic E-state index is 12.6. The number of hydrogen-bond donors (Lipinski definition) is 1. The molecule has 1 N–H and O–H groups in total. The highest BCUT2D eigenvalue weighted by atomic mass is 16.5. The van der Waals surface area contributed by atoms with Crippen LogP contribution in [0.25, 0.3) is 0 Å². The molecule has 156 valence electrons. The lowest BCUT2D eigenvalue weighted by Crippen LogP contribution is -2.45. The van der Waals surface area contributed by atoms with Crippen LogP contribution in [0.15, 0.2) is 30.3 Å². The van der Waals surface area contributed by atoms with Gasteiger partial charge in [0.2, 0.25) is 0 Å². The molecule has 2 aromatic rings. The summed E-state index contributed by atoms with van der Waals surface area (Å²) in [5.41, 5.74) is 2.90. The molecule has 1 heterocycles. The van der Waals surface area contributed by atoms with Gasteiger partial charge in [0, 0.05) is 6.04 Å². The Morgan fingerprint density at radius 3 is 2.62 bits per heavy atom. The second-order valence-corrected chi connectivity index (χ2v) is 8.21. The average molecular weight is 398 g/mol. The standard InChI is InChI=1S/C23H31N3O3/c1-15-9-8-12-20(16(15)2)24-21(27)14-29-23(28)22-17(3)25-26(18(22)4)13-19-10-6-5-7-11-19/h5-7,10-11,15-16,20H,8-9,12-14H2,1-4H3,(H,24,27)/t15-,16+,20-/m1/s1. The van der Waals surface area contributed by atoms with Crippen LogP contribution in [-0.4, -0.2) is 34.3 Å². The summed E-state index contributed by atoms with van der Waals surface area (Å²) in [6, 6.07) is 10.1. The smallest absolute Gasteiger partial charge is 0.342 e. The number of esters is 1. The van der Waals surface area contributed by atoms with Gasteiger partial charge in [-0.2, -0.15) is 5.10 Å². The summed E-state index contributed by atoms with van der Waals surface area (Å²) in [6.45, 7) is 8.36. The number of aryl methyl sites for hydroxylation is 1.